The summed E-state index contributed by atoms with van der Waals surface area (Å²) in [6, 6.07) is 0. The van der Waals surface area contributed by atoms with Gasteiger partial charge in [0.15, 0.2) is 0 Å². The van der Waals surface area contributed by atoms with Crippen molar-refractivity contribution < 1.29 is 9.90 Å². The van der Waals surface area contributed by atoms with Crippen molar-refractivity contribution in [3.63, 3.8) is 0 Å². The molecule has 3 nitrogen and oxygen atoms in total. The predicted octanol–water partition coefficient (Wildman–Crippen LogP) is -0.0523. The van der Waals surface area contributed by atoms with Crippen LogP contribution < -0.4 is 5.11 Å². The van der Waals surface area contributed by atoms with Gasteiger partial charge in [0.1, 0.15) is 0 Å². The van der Waals surface area contributed by atoms with Gasteiger partial charge in [-0.15, -0.1) is 0 Å². The number of hydrogen-bond donors (Lipinski definition) is 0. The molecule has 0 aromatic heterocycles. The Morgan fingerprint density at radius 3 is 2.58 bits per heavy atom. The molecule has 1 amide bonds. The van der Waals surface area contributed by atoms with Crippen molar-refractivity contribution in [3.05, 3.63) is 0 Å². The zero-order valence-corrected chi connectivity index (χ0v) is 6.69. The summed E-state index contributed by atoms with van der Waals surface area (Å²) in [6.07, 6.45) is 3.38. The lowest BCUT2D eigenvalue weighted by Crippen LogP contribution is -2.33. The summed E-state index contributed by atoms with van der Waals surface area (Å²) >= 11 is 0. The standard InChI is InChI=1S/C9H11NO2/c11-8-6-4-1-2-5(3-4)7(6)9(12)10-8/h4-7H,1-3H2,(H,10,11,12)/p-1. The van der Waals surface area contributed by atoms with Crippen molar-refractivity contribution in [2.75, 3.05) is 0 Å². The highest BCUT2D eigenvalue weighted by Gasteiger charge is 2.53. The third-order valence-electron chi connectivity index (χ3n) is 3.71. The normalized spacial score (nSPS) is 49.7. The van der Waals surface area contributed by atoms with Crippen LogP contribution >= 0.6 is 0 Å². The molecule has 3 rings (SSSR count). The molecule has 3 aliphatic rings. The summed E-state index contributed by atoms with van der Waals surface area (Å²) in [5.41, 5.74) is 0. The molecule has 1 heterocycles. The Kier molecular flexibility index (Phi) is 1.05. The monoisotopic (exact) mass is 164 g/mol. The quantitative estimate of drug-likeness (QED) is 0.504. The van der Waals surface area contributed by atoms with Crippen LogP contribution in [0.3, 0.4) is 0 Å². The highest BCUT2D eigenvalue weighted by atomic mass is 16.3. The smallest absolute Gasteiger partial charge is 0.248 e. The number of carbonyl (C=O) groups is 1. The predicted molar refractivity (Wildman–Crippen MR) is 40.3 cm³/mol. The molecule has 0 N–H and O–H groups in total. The Morgan fingerprint density at radius 1 is 1.25 bits per heavy atom. The fraction of sp³-hybridized carbons (Fsp3) is 0.778. The van der Waals surface area contributed by atoms with E-state index in [1.165, 1.54) is 0 Å². The van der Waals surface area contributed by atoms with E-state index in [9.17, 15) is 9.90 Å². The maximum Gasteiger partial charge on any atom is 0.248 e. The van der Waals surface area contributed by atoms with Gasteiger partial charge in [0.05, 0.1) is 5.92 Å². The largest absolute Gasteiger partial charge is 0.861 e. The summed E-state index contributed by atoms with van der Waals surface area (Å²) in [5.74, 6) is 0.715. The Balaban J connectivity index is 2.03. The third-order valence-corrected chi connectivity index (χ3v) is 3.71. The van der Waals surface area contributed by atoms with Crippen molar-refractivity contribution in [2.45, 2.75) is 19.3 Å². The number of hydrogen-bond acceptors (Lipinski definition) is 2. The van der Waals surface area contributed by atoms with Crippen LogP contribution in [0.15, 0.2) is 4.99 Å². The topological polar surface area (TPSA) is 52.5 Å². The lowest BCUT2D eigenvalue weighted by molar-refractivity contribution is -0.224. The SMILES string of the molecule is O=C1N=C([O-])C2C3CCC(C3)C12. The van der Waals surface area contributed by atoms with Crippen LogP contribution in [0.1, 0.15) is 19.3 Å². The number of rotatable bonds is 0. The fourth-order valence-corrected chi connectivity index (χ4v) is 3.26. The van der Waals surface area contributed by atoms with Crippen molar-refractivity contribution in [3.8, 4) is 0 Å². The molecule has 0 spiro atoms. The lowest BCUT2D eigenvalue weighted by Gasteiger charge is -2.26. The van der Waals surface area contributed by atoms with Crippen molar-refractivity contribution in [1.29, 1.82) is 0 Å². The van der Waals surface area contributed by atoms with Crippen LogP contribution in [0.25, 0.3) is 0 Å². The molecule has 1 aliphatic heterocycles. The summed E-state index contributed by atoms with van der Waals surface area (Å²) < 4.78 is 0. The Hall–Kier alpha value is -0.860. The molecule has 0 saturated heterocycles. The van der Waals surface area contributed by atoms with Gasteiger partial charge < -0.3 is 5.11 Å². The minimum absolute atomic E-state index is 0.00347. The molecule has 2 fully saturated rings. The molecular formula is C9H10NO2-. The van der Waals surface area contributed by atoms with E-state index in [2.05, 4.69) is 4.99 Å². The molecule has 2 bridgehead atoms. The van der Waals surface area contributed by atoms with Crippen LogP contribution in [0.5, 0.6) is 0 Å². The highest BCUT2D eigenvalue weighted by molar-refractivity contribution is 6.00. The van der Waals surface area contributed by atoms with E-state index in [0.717, 1.165) is 19.3 Å². The van der Waals surface area contributed by atoms with E-state index in [-0.39, 0.29) is 23.6 Å². The first-order chi connectivity index (χ1) is 5.77. The third kappa shape index (κ3) is 0.586. The zero-order chi connectivity index (χ0) is 8.29. The second-order valence-corrected chi connectivity index (χ2v) is 4.17. The van der Waals surface area contributed by atoms with E-state index < -0.39 is 0 Å². The number of aliphatic imine (C=N–C) groups is 1. The molecule has 12 heavy (non-hydrogen) atoms. The molecule has 0 radical (unpaired) electrons. The zero-order valence-electron chi connectivity index (χ0n) is 6.69. The van der Waals surface area contributed by atoms with Gasteiger partial charge in [0, 0.05) is 5.92 Å². The molecule has 64 valence electrons. The number of fused-ring (bicyclic) bond motifs is 5. The van der Waals surface area contributed by atoms with Gasteiger partial charge in [-0.1, -0.05) is 0 Å². The van der Waals surface area contributed by atoms with Gasteiger partial charge in [-0.25, -0.2) is 4.99 Å². The lowest BCUT2D eigenvalue weighted by atomic mass is 9.81. The second-order valence-electron chi connectivity index (χ2n) is 4.17. The number of amides is 1. The second kappa shape index (κ2) is 1.90. The first-order valence-corrected chi connectivity index (χ1v) is 4.57. The summed E-state index contributed by atoms with van der Waals surface area (Å²) in [7, 11) is 0. The van der Waals surface area contributed by atoms with E-state index in [1.54, 1.807) is 0 Å². The highest BCUT2D eigenvalue weighted by Crippen LogP contribution is 2.54. The van der Waals surface area contributed by atoms with Gasteiger partial charge in [0.2, 0.25) is 5.91 Å². The first kappa shape index (κ1) is 6.63. The Labute approximate surface area is 70.5 Å². The molecular weight excluding hydrogens is 154 g/mol. The number of nitrogens with zero attached hydrogens (tertiary/aromatic N) is 1. The Morgan fingerprint density at radius 2 is 1.92 bits per heavy atom. The van der Waals surface area contributed by atoms with Gasteiger partial charge in [0.25, 0.3) is 0 Å². The van der Waals surface area contributed by atoms with Crippen LogP contribution in [0.4, 0.5) is 0 Å². The average Bonchev–Trinajstić information content (AvgIpc) is 2.64. The van der Waals surface area contributed by atoms with E-state index in [4.69, 9.17) is 0 Å². The molecule has 3 heteroatoms. The minimum atomic E-state index is -0.128. The minimum Gasteiger partial charge on any atom is -0.861 e. The van der Waals surface area contributed by atoms with E-state index in [0.29, 0.717) is 11.8 Å². The maximum absolute atomic E-state index is 11.3. The molecule has 4 atom stereocenters. The Bertz CT molecular complexity index is 284. The van der Waals surface area contributed by atoms with Gasteiger partial charge in [-0.05, 0) is 37.0 Å². The van der Waals surface area contributed by atoms with Gasteiger partial charge in [-0.2, -0.15) is 0 Å². The molecule has 4 unspecified atom stereocenters. The van der Waals surface area contributed by atoms with Gasteiger partial charge in [-0.3, -0.25) is 4.79 Å². The molecule has 2 aliphatic carbocycles. The van der Waals surface area contributed by atoms with E-state index >= 15 is 0 Å². The summed E-state index contributed by atoms with van der Waals surface area (Å²) in [6.45, 7) is 0. The van der Waals surface area contributed by atoms with E-state index in [1.807, 2.05) is 0 Å². The summed E-state index contributed by atoms with van der Waals surface area (Å²) in [5, 5.41) is 11.3. The van der Waals surface area contributed by atoms with Crippen molar-refractivity contribution in [1.82, 2.24) is 0 Å². The molecule has 0 aromatic rings. The fourth-order valence-electron chi connectivity index (χ4n) is 3.26. The maximum atomic E-state index is 11.3. The first-order valence-electron chi connectivity index (χ1n) is 4.57. The van der Waals surface area contributed by atoms with Crippen molar-refractivity contribution >= 4 is 11.8 Å². The van der Waals surface area contributed by atoms with Crippen LogP contribution in [0.2, 0.25) is 0 Å². The van der Waals surface area contributed by atoms with Crippen LogP contribution in [0, 0.1) is 23.7 Å². The summed E-state index contributed by atoms with van der Waals surface area (Å²) in [4.78, 5) is 14.8. The van der Waals surface area contributed by atoms with Gasteiger partial charge >= 0.3 is 0 Å². The molecule has 0 aromatic carbocycles. The average molecular weight is 164 g/mol. The van der Waals surface area contributed by atoms with Crippen LogP contribution in [-0.4, -0.2) is 11.8 Å². The van der Waals surface area contributed by atoms with Crippen LogP contribution in [-0.2, 0) is 4.79 Å². The van der Waals surface area contributed by atoms with Crippen molar-refractivity contribution in [2.24, 2.45) is 28.7 Å². The molecule has 2 saturated carbocycles. The number of carbonyl (C=O) groups excluding carboxylic acids is 1.